The molecule has 7 heteroatoms. The van der Waals surface area contributed by atoms with Crippen molar-refractivity contribution in [2.75, 3.05) is 19.7 Å². The fourth-order valence-corrected chi connectivity index (χ4v) is 3.41. The molecule has 1 fully saturated rings. The zero-order chi connectivity index (χ0) is 21.9. The molecule has 7 nitrogen and oxygen atoms in total. The summed E-state index contributed by atoms with van der Waals surface area (Å²) < 4.78 is 10.6. The van der Waals surface area contributed by atoms with Crippen molar-refractivity contribution in [2.24, 2.45) is 4.99 Å². The number of esters is 2. The van der Waals surface area contributed by atoms with Gasteiger partial charge in [0, 0.05) is 36.2 Å². The molecule has 0 saturated carbocycles. The van der Waals surface area contributed by atoms with Gasteiger partial charge >= 0.3 is 11.9 Å². The lowest BCUT2D eigenvalue weighted by Crippen LogP contribution is -2.29. The van der Waals surface area contributed by atoms with E-state index in [2.05, 4.69) is 4.99 Å². The highest BCUT2D eigenvalue weighted by molar-refractivity contribution is 6.39. The van der Waals surface area contributed by atoms with E-state index < -0.39 is 17.5 Å². The molecule has 2 heterocycles. The van der Waals surface area contributed by atoms with Gasteiger partial charge in [-0.25, -0.2) is 14.6 Å². The second-order valence-corrected chi connectivity index (χ2v) is 8.40. The maximum atomic E-state index is 12.8. The first-order valence-corrected chi connectivity index (χ1v) is 10.3. The normalized spacial score (nSPS) is 16.2. The number of fused-ring (bicyclic) bond motifs is 1. The average molecular weight is 412 g/mol. The smallest absolute Gasteiger partial charge is 0.353 e. The Hall–Kier alpha value is -2.96. The highest BCUT2D eigenvalue weighted by atomic mass is 16.6. The van der Waals surface area contributed by atoms with Gasteiger partial charge < -0.3 is 14.4 Å². The molecule has 0 bridgehead atoms. The molecule has 3 rings (SSSR count). The number of benzene rings is 1. The summed E-state index contributed by atoms with van der Waals surface area (Å²) in [6, 6.07) is 5.15. The summed E-state index contributed by atoms with van der Waals surface area (Å²) in [5.41, 5.74) is 1.34. The first kappa shape index (κ1) is 21.7. The third-order valence-corrected chi connectivity index (χ3v) is 4.79. The summed E-state index contributed by atoms with van der Waals surface area (Å²) in [5.74, 6) is -1.15. The van der Waals surface area contributed by atoms with Gasteiger partial charge in [0.1, 0.15) is 11.3 Å². The van der Waals surface area contributed by atoms with Crippen molar-refractivity contribution < 1.29 is 23.9 Å². The molecule has 1 aromatic rings. The molecule has 0 aromatic heterocycles. The Morgan fingerprint density at radius 3 is 2.43 bits per heavy atom. The number of aliphatic imine (C=N–C) groups is 1. The van der Waals surface area contributed by atoms with Crippen LogP contribution in [-0.4, -0.2) is 53.8 Å². The van der Waals surface area contributed by atoms with Gasteiger partial charge in [0.2, 0.25) is 0 Å². The van der Waals surface area contributed by atoms with Crippen molar-refractivity contribution in [1.29, 1.82) is 0 Å². The first-order valence-electron chi connectivity index (χ1n) is 10.3. The number of ether oxygens (including phenoxy) is 2. The number of hydrogen-bond donors (Lipinski definition) is 0. The number of rotatable bonds is 4. The molecule has 0 spiro atoms. The first-order chi connectivity index (χ1) is 14.2. The van der Waals surface area contributed by atoms with Crippen LogP contribution in [0.15, 0.2) is 28.8 Å². The Kier molecular flexibility index (Phi) is 6.39. The standard InChI is InChI=1S/C23H28N2O5/c1-5-29-21(27)17-12-15-8-9-16(20(26)25-10-6-7-11-25)13-18(15)24-19(14-17)22(28)30-23(2,3)4/h8-9,12-13H,5-7,10-11,14H2,1-4H3. The second-order valence-electron chi connectivity index (χ2n) is 8.40. The average Bonchev–Trinajstić information content (AvgIpc) is 3.13. The maximum Gasteiger partial charge on any atom is 0.353 e. The van der Waals surface area contributed by atoms with E-state index in [1.54, 1.807) is 52.0 Å². The molecule has 1 aromatic carbocycles. The van der Waals surface area contributed by atoms with Gasteiger partial charge in [-0.2, -0.15) is 0 Å². The lowest BCUT2D eigenvalue weighted by Gasteiger charge is -2.20. The van der Waals surface area contributed by atoms with Gasteiger partial charge in [-0.15, -0.1) is 0 Å². The Balaban J connectivity index is 2.01. The third kappa shape index (κ3) is 5.14. The lowest BCUT2D eigenvalue weighted by molar-refractivity contribution is -0.146. The SMILES string of the molecule is CCOC(=O)C1=Cc2ccc(C(=O)N3CCCC3)cc2N=C(C(=O)OC(C)(C)C)C1. The summed E-state index contributed by atoms with van der Waals surface area (Å²) in [6.45, 7) is 8.75. The molecule has 0 N–H and O–H groups in total. The maximum absolute atomic E-state index is 12.8. The van der Waals surface area contributed by atoms with E-state index in [0.29, 0.717) is 22.4 Å². The lowest BCUT2D eigenvalue weighted by atomic mass is 10.0. The molecule has 30 heavy (non-hydrogen) atoms. The van der Waals surface area contributed by atoms with Gasteiger partial charge in [0.15, 0.2) is 0 Å². The van der Waals surface area contributed by atoms with Crippen LogP contribution in [0.2, 0.25) is 0 Å². The fourth-order valence-electron chi connectivity index (χ4n) is 3.41. The van der Waals surface area contributed by atoms with E-state index in [9.17, 15) is 14.4 Å². The second kappa shape index (κ2) is 8.81. The minimum Gasteiger partial charge on any atom is -0.463 e. The number of nitrogens with zero attached hydrogens (tertiary/aromatic N) is 2. The summed E-state index contributed by atoms with van der Waals surface area (Å²) in [4.78, 5) is 44.2. The Morgan fingerprint density at radius 1 is 1.10 bits per heavy atom. The molecule has 1 saturated heterocycles. The topological polar surface area (TPSA) is 85.3 Å². The van der Waals surface area contributed by atoms with E-state index in [-0.39, 0.29) is 24.6 Å². The molecular weight excluding hydrogens is 384 g/mol. The zero-order valence-corrected chi connectivity index (χ0v) is 18.0. The molecule has 0 unspecified atom stereocenters. The Labute approximate surface area is 176 Å². The van der Waals surface area contributed by atoms with E-state index in [0.717, 1.165) is 25.9 Å². The monoisotopic (exact) mass is 412 g/mol. The molecule has 0 aliphatic carbocycles. The predicted octanol–water partition coefficient (Wildman–Crippen LogP) is 3.69. The Bertz CT molecular complexity index is 918. The number of carbonyl (C=O) groups is 3. The van der Waals surface area contributed by atoms with Gasteiger partial charge in [-0.1, -0.05) is 6.07 Å². The quantitative estimate of drug-likeness (QED) is 0.704. The van der Waals surface area contributed by atoms with Crippen LogP contribution in [0.3, 0.4) is 0 Å². The van der Waals surface area contributed by atoms with E-state index in [4.69, 9.17) is 9.47 Å². The van der Waals surface area contributed by atoms with Crippen molar-refractivity contribution in [3.05, 3.63) is 34.9 Å². The highest BCUT2D eigenvalue weighted by Crippen LogP contribution is 2.30. The van der Waals surface area contributed by atoms with Crippen molar-refractivity contribution in [3.8, 4) is 0 Å². The van der Waals surface area contributed by atoms with Crippen molar-refractivity contribution in [3.63, 3.8) is 0 Å². The molecule has 0 radical (unpaired) electrons. The number of likely N-dealkylation sites (tertiary alicyclic amines) is 1. The van der Waals surface area contributed by atoms with Gasteiger partial charge in [0.05, 0.1) is 12.3 Å². The van der Waals surface area contributed by atoms with Crippen molar-refractivity contribution >= 4 is 35.3 Å². The molecular formula is C23H28N2O5. The van der Waals surface area contributed by atoms with Gasteiger partial charge in [-0.05, 0) is 58.7 Å². The van der Waals surface area contributed by atoms with Crippen LogP contribution >= 0.6 is 0 Å². The third-order valence-electron chi connectivity index (χ3n) is 4.79. The van der Waals surface area contributed by atoms with Crippen LogP contribution in [-0.2, 0) is 19.1 Å². The van der Waals surface area contributed by atoms with Crippen LogP contribution in [0.1, 0.15) is 62.9 Å². The van der Waals surface area contributed by atoms with Crippen LogP contribution in [0, 0.1) is 0 Å². The summed E-state index contributed by atoms with van der Waals surface area (Å²) >= 11 is 0. The summed E-state index contributed by atoms with van der Waals surface area (Å²) in [6.07, 6.45) is 3.67. The van der Waals surface area contributed by atoms with Crippen LogP contribution in [0.4, 0.5) is 5.69 Å². The fraction of sp³-hybridized carbons (Fsp3) is 0.478. The van der Waals surface area contributed by atoms with Crippen molar-refractivity contribution in [1.82, 2.24) is 4.90 Å². The van der Waals surface area contributed by atoms with Crippen molar-refractivity contribution in [2.45, 2.75) is 52.6 Å². The molecule has 160 valence electrons. The zero-order valence-electron chi connectivity index (χ0n) is 18.0. The Morgan fingerprint density at radius 2 is 1.80 bits per heavy atom. The number of carbonyl (C=O) groups excluding carboxylic acids is 3. The van der Waals surface area contributed by atoms with Gasteiger partial charge in [-0.3, -0.25) is 4.79 Å². The summed E-state index contributed by atoms with van der Waals surface area (Å²) in [7, 11) is 0. The van der Waals surface area contributed by atoms with E-state index in [1.165, 1.54) is 0 Å². The van der Waals surface area contributed by atoms with Gasteiger partial charge in [0.25, 0.3) is 5.91 Å². The minimum atomic E-state index is -0.698. The largest absolute Gasteiger partial charge is 0.463 e. The summed E-state index contributed by atoms with van der Waals surface area (Å²) in [5, 5.41) is 0. The predicted molar refractivity (Wildman–Crippen MR) is 114 cm³/mol. The molecule has 0 atom stereocenters. The van der Waals surface area contributed by atoms with Crippen LogP contribution < -0.4 is 0 Å². The minimum absolute atomic E-state index is 0.00215. The van der Waals surface area contributed by atoms with Crippen LogP contribution in [0.25, 0.3) is 6.08 Å². The number of hydrogen-bond acceptors (Lipinski definition) is 6. The number of amides is 1. The molecule has 2 aliphatic heterocycles. The molecule has 1 amide bonds. The molecule has 2 aliphatic rings. The van der Waals surface area contributed by atoms with E-state index >= 15 is 0 Å². The van der Waals surface area contributed by atoms with E-state index in [1.807, 2.05) is 4.90 Å². The highest BCUT2D eigenvalue weighted by Gasteiger charge is 2.27. The van der Waals surface area contributed by atoms with Crippen LogP contribution in [0.5, 0.6) is 0 Å².